The summed E-state index contributed by atoms with van der Waals surface area (Å²) in [5.41, 5.74) is 2.73. The number of amides is 1. The van der Waals surface area contributed by atoms with E-state index in [-0.39, 0.29) is 16.8 Å². The summed E-state index contributed by atoms with van der Waals surface area (Å²) in [4.78, 5) is 23.0. The molecule has 0 aliphatic rings. The van der Waals surface area contributed by atoms with E-state index in [0.29, 0.717) is 17.1 Å². The largest absolute Gasteiger partial charge is 0.411 e. The highest BCUT2D eigenvalue weighted by molar-refractivity contribution is 8.00. The lowest BCUT2D eigenvalue weighted by Gasteiger charge is -2.10. The molecule has 1 heterocycles. The summed E-state index contributed by atoms with van der Waals surface area (Å²) in [6, 6.07) is 12.2. The molecule has 8 nitrogen and oxygen atoms in total. The number of anilines is 1. The number of carbonyl (C=O) groups excluding carboxylic acids is 1. The van der Waals surface area contributed by atoms with Crippen LogP contribution in [0.3, 0.4) is 0 Å². The van der Waals surface area contributed by atoms with Crippen LogP contribution in [-0.4, -0.2) is 26.3 Å². The molecule has 0 aliphatic carbocycles. The van der Waals surface area contributed by atoms with Gasteiger partial charge in [0.05, 0.1) is 10.2 Å². The fourth-order valence-corrected chi connectivity index (χ4v) is 3.17. The van der Waals surface area contributed by atoms with Crippen LogP contribution in [0.15, 0.2) is 52.1 Å². The molecule has 1 N–H and O–H groups in total. The van der Waals surface area contributed by atoms with Gasteiger partial charge in [0, 0.05) is 22.9 Å². The van der Waals surface area contributed by atoms with Crippen molar-refractivity contribution in [2.24, 2.45) is 0 Å². The van der Waals surface area contributed by atoms with Crippen LogP contribution in [0.4, 0.5) is 11.4 Å². The van der Waals surface area contributed by atoms with Crippen molar-refractivity contribution >= 4 is 29.0 Å². The number of aromatic nitrogens is 2. The Hall–Kier alpha value is -3.20. The summed E-state index contributed by atoms with van der Waals surface area (Å²) >= 11 is 1.12. The molecule has 0 bridgehead atoms. The topological polar surface area (TPSA) is 111 Å². The zero-order valence-corrected chi connectivity index (χ0v) is 16.3. The molecule has 1 amide bonds. The summed E-state index contributed by atoms with van der Waals surface area (Å²) in [6.07, 6.45) is 0. The molecule has 1 unspecified atom stereocenters. The molecule has 0 saturated carbocycles. The second-order valence-electron chi connectivity index (χ2n) is 6.25. The van der Waals surface area contributed by atoms with E-state index in [4.69, 9.17) is 4.42 Å². The lowest BCUT2D eigenvalue weighted by molar-refractivity contribution is -0.385. The van der Waals surface area contributed by atoms with Crippen molar-refractivity contribution in [1.29, 1.82) is 0 Å². The highest BCUT2D eigenvalue weighted by Gasteiger charge is 2.20. The van der Waals surface area contributed by atoms with Gasteiger partial charge in [-0.1, -0.05) is 35.5 Å². The normalized spacial score (nSPS) is 11.8. The van der Waals surface area contributed by atoms with Gasteiger partial charge in [0.2, 0.25) is 11.8 Å². The van der Waals surface area contributed by atoms with Crippen molar-refractivity contribution < 1.29 is 14.1 Å². The standard InChI is InChI=1S/C19H18N4O4S/c1-11-5-4-6-14(9-11)18-21-22-19(27-18)28-13(3)17(24)20-15-8-7-12(2)16(10-15)23(25)26/h4-10,13H,1-3H3,(H,20,24). The fourth-order valence-electron chi connectivity index (χ4n) is 2.48. The Labute approximate surface area is 165 Å². The number of nitro groups is 1. The van der Waals surface area contributed by atoms with E-state index in [1.54, 1.807) is 26.0 Å². The molecule has 0 fully saturated rings. The van der Waals surface area contributed by atoms with Gasteiger partial charge in [0.15, 0.2) is 0 Å². The second kappa shape index (κ2) is 8.22. The van der Waals surface area contributed by atoms with E-state index in [9.17, 15) is 14.9 Å². The minimum atomic E-state index is -0.536. The third-order valence-electron chi connectivity index (χ3n) is 3.99. The molecule has 3 aromatic rings. The maximum absolute atomic E-state index is 12.4. The molecule has 2 aromatic carbocycles. The van der Waals surface area contributed by atoms with Crippen LogP contribution in [0.25, 0.3) is 11.5 Å². The van der Waals surface area contributed by atoms with Crippen LogP contribution in [0.1, 0.15) is 18.1 Å². The molecule has 28 heavy (non-hydrogen) atoms. The Morgan fingerprint density at radius 3 is 2.71 bits per heavy atom. The number of benzene rings is 2. The van der Waals surface area contributed by atoms with Gasteiger partial charge >= 0.3 is 0 Å². The van der Waals surface area contributed by atoms with Crippen LogP contribution in [0.2, 0.25) is 0 Å². The zero-order valence-electron chi connectivity index (χ0n) is 15.5. The van der Waals surface area contributed by atoms with Crippen molar-refractivity contribution in [2.75, 3.05) is 5.32 Å². The second-order valence-corrected chi connectivity index (χ2v) is 7.54. The van der Waals surface area contributed by atoms with E-state index in [1.165, 1.54) is 6.07 Å². The zero-order chi connectivity index (χ0) is 20.3. The smallest absolute Gasteiger partial charge is 0.277 e. The third kappa shape index (κ3) is 4.55. The molecule has 1 aromatic heterocycles. The first-order chi connectivity index (χ1) is 13.3. The average Bonchev–Trinajstić information content (AvgIpc) is 3.11. The summed E-state index contributed by atoms with van der Waals surface area (Å²) in [5, 5.41) is 21.4. The predicted octanol–water partition coefficient (Wildman–Crippen LogP) is 4.38. The van der Waals surface area contributed by atoms with E-state index in [2.05, 4.69) is 15.5 Å². The van der Waals surface area contributed by atoms with Crippen molar-refractivity contribution in [1.82, 2.24) is 10.2 Å². The number of thioether (sulfide) groups is 1. The Morgan fingerprint density at radius 2 is 2.00 bits per heavy atom. The summed E-state index contributed by atoms with van der Waals surface area (Å²) < 4.78 is 5.63. The molecule has 0 spiro atoms. The molecule has 0 aliphatic heterocycles. The van der Waals surface area contributed by atoms with Gasteiger partial charge in [-0.3, -0.25) is 14.9 Å². The quantitative estimate of drug-likeness (QED) is 0.372. The lowest BCUT2D eigenvalue weighted by Crippen LogP contribution is -2.22. The van der Waals surface area contributed by atoms with Crippen LogP contribution in [-0.2, 0) is 4.79 Å². The molecule has 0 saturated heterocycles. The van der Waals surface area contributed by atoms with Crippen LogP contribution in [0, 0.1) is 24.0 Å². The number of nitro benzene ring substituents is 1. The van der Waals surface area contributed by atoms with Crippen molar-refractivity contribution in [3.63, 3.8) is 0 Å². The summed E-state index contributed by atoms with van der Waals surface area (Å²) in [5.74, 6) is 0.0615. The monoisotopic (exact) mass is 398 g/mol. The predicted molar refractivity (Wildman–Crippen MR) is 106 cm³/mol. The van der Waals surface area contributed by atoms with Gasteiger partial charge in [-0.2, -0.15) is 0 Å². The van der Waals surface area contributed by atoms with Crippen molar-refractivity contribution in [3.05, 3.63) is 63.7 Å². The molecule has 144 valence electrons. The SMILES string of the molecule is Cc1cccc(-c2nnc(SC(C)C(=O)Nc3ccc(C)c([N+](=O)[O-])c3)o2)c1. The lowest BCUT2D eigenvalue weighted by atomic mass is 10.1. The van der Waals surface area contributed by atoms with E-state index in [1.807, 2.05) is 31.2 Å². The van der Waals surface area contributed by atoms with Gasteiger partial charge in [0.25, 0.3) is 10.9 Å². The maximum atomic E-state index is 12.4. The minimum Gasteiger partial charge on any atom is -0.411 e. The highest BCUT2D eigenvalue weighted by Crippen LogP contribution is 2.28. The van der Waals surface area contributed by atoms with Gasteiger partial charge < -0.3 is 9.73 Å². The van der Waals surface area contributed by atoms with Gasteiger partial charge in [-0.05, 0) is 39.0 Å². The molecular formula is C19H18N4O4S. The van der Waals surface area contributed by atoms with Crippen LogP contribution >= 0.6 is 11.8 Å². The molecule has 9 heteroatoms. The van der Waals surface area contributed by atoms with Crippen molar-refractivity contribution in [3.8, 4) is 11.5 Å². The number of carbonyl (C=O) groups is 1. The molecule has 1 atom stereocenters. The number of nitrogens with one attached hydrogen (secondary N) is 1. The number of hydrogen-bond acceptors (Lipinski definition) is 7. The van der Waals surface area contributed by atoms with Crippen LogP contribution in [0.5, 0.6) is 0 Å². The number of hydrogen-bond donors (Lipinski definition) is 1. The van der Waals surface area contributed by atoms with Crippen LogP contribution < -0.4 is 5.32 Å². The van der Waals surface area contributed by atoms with E-state index >= 15 is 0 Å². The first-order valence-electron chi connectivity index (χ1n) is 8.46. The third-order valence-corrected chi connectivity index (χ3v) is 4.93. The Morgan fingerprint density at radius 1 is 1.21 bits per heavy atom. The van der Waals surface area contributed by atoms with Gasteiger partial charge in [-0.15, -0.1) is 10.2 Å². The number of rotatable bonds is 6. The van der Waals surface area contributed by atoms with Crippen molar-refractivity contribution in [2.45, 2.75) is 31.2 Å². The maximum Gasteiger partial charge on any atom is 0.277 e. The van der Waals surface area contributed by atoms with Gasteiger partial charge in [0.1, 0.15) is 0 Å². The van der Waals surface area contributed by atoms with E-state index in [0.717, 1.165) is 22.9 Å². The first kappa shape index (κ1) is 19.6. The summed E-state index contributed by atoms with van der Waals surface area (Å²) in [7, 11) is 0. The van der Waals surface area contributed by atoms with Gasteiger partial charge in [-0.25, -0.2) is 0 Å². The molecule has 3 rings (SSSR count). The Kier molecular flexibility index (Phi) is 5.74. The fraction of sp³-hybridized carbons (Fsp3) is 0.211. The number of aryl methyl sites for hydroxylation is 2. The molecule has 0 radical (unpaired) electrons. The Bertz CT molecular complexity index is 1030. The Balaban J connectivity index is 1.66. The minimum absolute atomic E-state index is 0.0437. The first-order valence-corrected chi connectivity index (χ1v) is 9.34. The molecular weight excluding hydrogens is 380 g/mol. The highest BCUT2D eigenvalue weighted by atomic mass is 32.2. The number of nitrogens with zero attached hydrogens (tertiary/aromatic N) is 3. The average molecular weight is 398 g/mol. The summed E-state index contributed by atoms with van der Waals surface area (Å²) in [6.45, 7) is 5.31. The van der Waals surface area contributed by atoms with E-state index < -0.39 is 10.2 Å².